The number of piperidine rings is 1. The summed E-state index contributed by atoms with van der Waals surface area (Å²) in [4.78, 5) is 17.9. The van der Waals surface area contributed by atoms with E-state index in [9.17, 15) is 4.79 Å². The monoisotopic (exact) mass is 206 g/mol. The van der Waals surface area contributed by atoms with Crippen LogP contribution in [0.2, 0.25) is 0 Å². The first-order chi connectivity index (χ1) is 7.23. The van der Waals surface area contributed by atoms with E-state index in [1.807, 2.05) is 4.90 Å². The van der Waals surface area contributed by atoms with E-state index in [0.717, 1.165) is 25.9 Å². The fourth-order valence-electron chi connectivity index (χ4n) is 3.46. The smallest absolute Gasteiger partial charge is 0.209 e. The zero-order valence-corrected chi connectivity index (χ0v) is 8.72. The minimum atomic E-state index is 0.0521. The molecule has 3 fully saturated rings. The molecule has 15 heavy (non-hydrogen) atoms. The quantitative estimate of drug-likeness (QED) is 0.617. The van der Waals surface area contributed by atoms with Crippen molar-refractivity contribution in [2.75, 3.05) is 13.1 Å². The minimum Gasteiger partial charge on any atom is -0.389 e. The topological polar surface area (TPSA) is 41.9 Å². The van der Waals surface area contributed by atoms with Gasteiger partial charge in [0.2, 0.25) is 6.41 Å². The Morgan fingerprint density at radius 3 is 2.73 bits per heavy atom. The van der Waals surface area contributed by atoms with Crippen LogP contribution in [0.1, 0.15) is 13.3 Å². The van der Waals surface area contributed by atoms with Crippen LogP contribution in [0.25, 0.3) is 0 Å². The Morgan fingerprint density at radius 2 is 2.27 bits per heavy atom. The summed E-state index contributed by atoms with van der Waals surface area (Å²) < 4.78 is 0. The third-order valence-electron chi connectivity index (χ3n) is 4.62. The molecule has 0 aromatic heterocycles. The van der Waals surface area contributed by atoms with Gasteiger partial charge < -0.3 is 9.74 Å². The number of likely N-dealkylation sites (tertiary alicyclic amines) is 1. The molecule has 2 aliphatic heterocycles. The van der Waals surface area contributed by atoms with Crippen molar-refractivity contribution in [2.45, 2.75) is 18.9 Å². The molecule has 0 spiro atoms. The molecule has 1 unspecified atom stereocenters. The van der Waals surface area contributed by atoms with Crippen molar-refractivity contribution in [1.82, 2.24) is 4.90 Å². The van der Waals surface area contributed by atoms with Crippen molar-refractivity contribution < 1.29 is 9.63 Å². The van der Waals surface area contributed by atoms with Crippen LogP contribution >= 0.6 is 0 Å². The third-order valence-corrected chi connectivity index (χ3v) is 4.62. The molecule has 0 aromatic rings. The first-order valence-electron chi connectivity index (χ1n) is 5.68. The number of fused-ring (bicyclic) bond motifs is 2. The predicted octanol–water partition coefficient (Wildman–Crippen LogP) is 0.485. The molecule has 2 aliphatic carbocycles. The molecular weight excluding hydrogens is 192 g/mol. The van der Waals surface area contributed by atoms with Gasteiger partial charge in [0.1, 0.15) is 5.60 Å². The van der Waals surface area contributed by atoms with Crippen LogP contribution in [0.4, 0.5) is 0 Å². The van der Waals surface area contributed by atoms with E-state index in [2.05, 4.69) is 12.1 Å². The molecule has 4 rings (SSSR count). The van der Waals surface area contributed by atoms with Gasteiger partial charge >= 0.3 is 0 Å². The summed E-state index contributed by atoms with van der Waals surface area (Å²) >= 11 is 0. The Morgan fingerprint density at radius 1 is 1.53 bits per heavy atom. The lowest BCUT2D eigenvalue weighted by Crippen LogP contribution is -2.25. The largest absolute Gasteiger partial charge is 0.389 e. The number of oxime groups is 1. The van der Waals surface area contributed by atoms with Crippen LogP contribution in [0, 0.1) is 23.7 Å². The molecule has 0 bridgehead atoms. The van der Waals surface area contributed by atoms with E-state index in [4.69, 9.17) is 4.84 Å². The van der Waals surface area contributed by atoms with E-state index in [-0.39, 0.29) is 5.60 Å². The molecule has 80 valence electrons. The summed E-state index contributed by atoms with van der Waals surface area (Å²) in [6.45, 7) is 4.01. The minimum absolute atomic E-state index is 0.0521. The lowest BCUT2D eigenvalue weighted by molar-refractivity contribution is -0.117. The molecule has 0 radical (unpaired) electrons. The highest BCUT2D eigenvalue weighted by atomic mass is 16.7. The summed E-state index contributed by atoms with van der Waals surface area (Å²) in [5, 5.41) is 4.24. The molecule has 1 amide bonds. The molecule has 4 nitrogen and oxygen atoms in total. The van der Waals surface area contributed by atoms with Gasteiger partial charge in [-0.3, -0.25) is 4.79 Å². The fourth-order valence-corrected chi connectivity index (χ4v) is 3.46. The van der Waals surface area contributed by atoms with Crippen molar-refractivity contribution in [3.05, 3.63) is 0 Å². The summed E-state index contributed by atoms with van der Waals surface area (Å²) in [5.41, 5.74) is 1.36. The number of nitrogens with zero attached hydrogens (tertiary/aromatic N) is 2. The standard InChI is InChI=1S/C11H14N2O2/c1-11-2-8(11)10(12-15-11)9-6-3-13(5-14)4-7(6)9/h5-9H,2-4H2,1H3/t6-,7+,8-,9?,11-/m0/s1. The molecule has 0 aromatic carbocycles. The number of rotatable bonds is 2. The summed E-state index contributed by atoms with van der Waals surface area (Å²) in [5.74, 6) is 2.59. The predicted molar refractivity (Wildman–Crippen MR) is 53.1 cm³/mol. The van der Waals surface area contributed by atoms with Gasteiger partial charge in [-0.05, 0) is 18.8 Å². The van der Waals surface area contributed by atoms with Crippen LogP contribution in [0.5, 0.6) is 0 Å². The average molecular weight is 206 g/mol. The van der Waals surface area contributed by atoms with Crippen LogP contribution in [0.15, 0.2) is 5.16 Å². The van der Waals surface area contributed by atoms with Crippen LogP contribution in [-0.2, 0) is 9.63 Å². The maximum Gasteiger partial charge on any atom is 0.209 e. The van der Waals surface area contributed by atoms with Crippen molar-refractivity contribution in [3.8, 4) is 0 Å². The van der Waals surface area contributed by atoms with Crippen molar-refractivity contribution in [2.24, 2.45) is 28.8 Å². The van der Waals surface area contributed by atoms with Crippen molar-refractivity contribution in [1.29, 1.82) is 0 Å². The Kier molecular flexibility index (Phi) is 1.19. The number of hydrogen-bond acceptors (Lipinski definition) is 3. The van der Waals surface area contributed by atoms with E-state index in [0.29, 0.717) is 23.7 Å². The highest BCUT2D eigenvalue weighted by Gasteiger charge is 2.68. The van der Waals surface area contributed by atoms with Gasteiger partial charge in [0.05, 0.1) is 5.71 Å². The highest BCUT2D eigenvalue weighted by molar-refractivity contribution is 5.96. The number of carbonyl (C=O) groups is 1. The second kappa shape index (κ2) is 2.20. The van der Waals surface area contributed by atoms with Gasteiger partial charge in [-0.25, -0.2) is 0 Å². The lowest BCUT2D eigenvalue weighted by atomic mass is 10.1. The Hall–Kier alpha value is -1.06. The summed E-state index contributed by atoms with van der Waals surface area (Å²) in [7, 11) is 0. The van der Waals surface area contributed by atoms with Crippen molar-refractivity contribution in [3.63, 3.8) is 0 Å². The molecular formula is C11H14N2O2. The Balaban J connectivity index is 1.49. The van der Waals surface area contributed by atoms with Gasteiger partial charge in [-0.1, -0.05) is 5.16 Å². The van der Waals surface area contributed by atoms with Crippen molar-refractivity contribution >= 4 is 12.1 Å². The fraction of sp³-hybridized carbons (Fsp3) is 0.818. The SMILES string of the molecule is C[C@]12C[C@H]1C(C1[C@H]3CN(C=O)C[C@@H]13)=NO2. The summed E-state index contributed by atoms with van der Waals surface area (Å²) in [6, 6.07) is 0. The van der Waals surface area contributed by atoms with Gasteiger partial charge in [-0.2, -0.15) is 0 Å². The first-order valence-corrected chi connectivity index (χ1v) is 5.68. The summed E-state index contributed by atoms with van der Waals surface area (Å²) in [6.07, 6.45) is 2.12. The Bertz CT molecular complexity index is 369. The molecule has 4 heteroatoms. The molecule has 1 saturated heterocycles. The normalized spacial score (nSPS) is 54.2. The molecule has 4 aliphatic rings. The molecule has 2 saturated carbocycles. The maximum atomic E-state index is 10.6. The van der Waals surface area contributed by atoms with Crippen LogP contribution < -0.4 is 0 Å². The second-order valence-electron chi connectivity index (χ2n) is 5.59. The van der Waals surface area contributed by atoms with Crippen LogP contribution in [-0.4, -0.2) is 35.7 Å². The van der Waals surface area contributed by atoms with Gasteiger partial charge in [0, 0.05) is 31.3 Å². The zero-order chi connectivity index (χ0) is 10.2. The number of amides is 1. The second-order valence-corrected chi connectivity index (χ2v) is 5.59. The lowest BCUT2D eigenvalue weighted by Gasteiger charge is -2.13. The number of carbonyl (C=O) groups excluding carboxylic acids is 1. The molecule has 0 N–H and O–H groups in total. The first kappa shape index (κ1) is 8.13. The van der Waals surface area contributed by atoms with Gasteiger partial charge in [-0.15, -0.1) is 0 Å². The van der Waals surface area contributed by atoms with E-state index in [1.54, 1.807) is 0 Å². The average Bonchev–Trinajstić information content (AvgIpc) is 2.99. The Labute approximate surface area is 88.2 Å². The molecule has 5 atom stereocenters. The van der Waals surface area contributed by atoms with Gasteiger partial charge in [0.15, 0.2) is 0 Å². The zero-order valence-electron chi connectivity index (χ0n) is 8.72. The van der Waals surface area contributed by atoms with Crippen LogP contribution in [0.3, 0.4) is 0 Å². The van der Waals surface area contributed by atoms with E-state index < -0.39 is 0 Å². The number of hydrogen-bond donors (Lipinski definition) is 0. The molecule has 2 heterocycles. The third kappa shape index (κ3) is 0.880. The van der Waals surface area contributed by atoms with E-state index in [1.165, 1.54) is 5.71 Å². The highest BCUT2D eigenvalue weighted by Crippen LogP contribution is 2.61. The van der Waals surface area contributed by atoms with Gasteiger partial charge in [0.25, 0.3) is 0 Å². The van der Waals surface area contributed by atoms with E-state index >= 15 is 0 Å². The maximum absolute atomic E-state index is 10.6.